The molecule has 0 saturated heterocycles. The molecule has 5 heteroatoms. The number of hydrogen-bond donors (Lipinski definition) is 1. The summed E-state index contributed by atoms with van der Waals surface area (Å²) < 4.78 is 4.92. The first-order valence-electron chi connectivity index (χ1n) is 7.09. The molecule has 0 saturated carbocycles. The third kappa shape index (κ3) is 4.44. The van der Waals surface area contributed by atoms with E-state index >= 15 is 0 Å². The van der Waals surface area contributed by atoms with Crippen molar-refractivity contribution in [3.8, 4) is 0 Å². The topological polar surface area (TPSA) is 55.6 Å². The Kier molecular flexibility index (Phi) is 7.32. The van der Waals surface area contributed by atoms with E-state index in [9.17, 15) is 4.79 Å². The molecule has 0 heterocycles. The lowest BCUT2D eigenvalue weighted by Gasteiger charge is -2.21. The summed E-state index contributed by atoms with van der Waals surface area (Å²) in [5.41, 5.74) is 7.02. The van der Waals surface area contributed by atoms with Crippen molar-refractivity contribution in [2.24, 2.45) is 5.73 Å². The van der Waals surface area contributed by atoms with Crippen LogP contribution in [0.25, 0.3) is 10.8 Å². The molecular formula is C17H23ClN2O2. The predicted octanol–water partition coefficient (Wildman–Crippen LogP) is 2.24. The molecule has 4 nitrogen and oxygen atoms in total. The first kappa shape index (κ1) is 18.4. The number of fused-ring (bicyclic) bond motifs is 1. The molecule has 0 radical (unpaired) electrons. The molecule has 1 atom stereocenters. The number of rotatable bonds is 6. The summed E-state index contributed by atoms with van der Waals surface area (Å²) in [4.78, 5) is 13.7. The van der Waals surface area contributed by atoms with E-state index in [1.807, 2.05) is 12.1 Å². The van der Waals surface area contributed by atoms with Crippen molar-refractivity contribution in [2.75, 3.05) is 27.3 Å². The molecule has 2 aromatic carbocycles. The Bertz CT molecular complexity index is 613. The predicted molar refractivity (Wildman–Crippen MR) is 92.4 cm³/mol. The first-order chi connectivity index (χ1) is 10.1. The molecule has 1 unspecified atom stereocenters. The van der Waals surface area contributed by atoms with Crippen LogP contribution in [0.2, 0.25) is 0 Å². The van der Waals surface area contributed by atoms with Crippen LogP contribution >= 0.6 is 12.4 Å². The van der Waals surface area contributed by atoms with Gasteiger partial charge in [-0.25, -0.2) is 0 Å². The summed E-state index contributed by atoms with van der Waals surface area (Å²) in [6.07, 6.45) is 0.809. The fraction of sp³-hybridized carbons (Fsp3) is 0.353. The van der Waals surface area contributed by atoms with Crippen LogP contribution in [0.4, 0.5) is 0 Å². The largest absolute Gasteiger partial charge is 0.383 e. The monoisotopic (exact) mass is 322 g/mol. The molecule has 0 aromatic heterocycles. The third-order valence-corrected chi connectivity index (χ3v) is 3.64. The van der Waals surface area contributed by atoms with Crippen molar-refractivity contribution >= 4 is 29.1 Å². The van der Waals surface area contributed by atoms with Gasteiger partial charge in [0.05, 0.1) is 6.61 Å². The maximum absolute atomic E-state index is 12.0. The molecule has 2 aromatic rings. The van der Waals surface area contributed by atoms with Crippen LogP contribution in [-0.4, -0.2) is 44.2 Å². The van der Waals surface area contributed by atoms with E-state index < -0.39 is 6.04 Å². The van der Waals surface area contributed by atoms with Gasteiger partial charge in [0, 0.05) is 20.7 Å². The summed E-state index contributed by atoms with van der Waals surface area (Å²) in [6.45, 7) is 0.891. The van der Waals surface area contributed by atoms with Gasteiger partial charge in [-0.05, 0) is 22.8 Å². The van der Waals surface area contributed by atoms with Crippen molar-refractivity contribution in [3.63, 3.8) is 0 Å². The van der Waals surface area contributed by atoms with Gasteiger partial charge >= 0.3 is 0 Å². The number of ether oxygens (including phenoxy) is 1. The van der Waals surface area contributed by atoms with Crippen LogP contribution in [0.15, 0.2) is 42.5 Å². The molecule has 0 bridgehead atoms. The Balaban J connectivity index is 0.00000242. The van der Waals surface area contributed by atoms with E-state index in [0.29, 0.717) is 6.54 Å². The van der Waals surface area contributed by atoms with Crippen LogP contribution in [0.5, 0.6) is 0 Å². The smallest absolute Gasteiger partial charge is 0.241 e. The van der Waals surface area contributed by atoms with Crippen LogP contribution in [0.3, 0.4) is 0 Å². The lowest BCUT2D eigenvalue weighted by molar-refractivity contribution is -0.132. The average Bonchev–Trinajstić information content (AvgIpc) is 2.52. The van der Waals surface area contributed by atoms with Crippen LogP contribution in [0.1, 0.15) is 5.56 Å². The Labute approximate surface area is 137 Å². The zero-order valence-electron chi connectivity index (χ0n) is 13.0. The lowest BCUT2D eigenvalue weighted by Crippen LogP contribution is -2.45. The lowest BCUT2D eigenvalue weighted by atomic mass is 10.0. The second-order valence-electron chi connectivity index (χ2n) is 5.21. The molecule has 2 rings (SSSR count). The van der Waals surface area contributed by atoms with Gasteiger partial charge in [0.2, 0.25) is 5.91 Å². The average molecular weight is 323 g/mol. The zero-order valence-corrected chi connectivity index (χ0v) is 13.8. The molecule has 0 aliphatic heterocycles. The minimum Gasteiger partial charge on any atom is -0.383 e. The maximum Gasteiger partial charge on any atom is 0.241 e. The highest BCUT2D eigenvalue weighted by atomic mass is 35.5. The van der Waals surface area contributed by atoms with Gasteiger partial charge in [-0.2, -0.15) is 0 Å². The number of likely N-dealkylation sites (N-methyl/N-ethyl adjacent to an activating group) is 1. The van der Waals surface area contributed by atoms with E-state index in [4.69, 9.17) is 10.5 Å². The third-order valence-electron chi connectivity index (χ3n) is 3.64. The van der Waals surface area contributed by atoms with Crippen molar-refractivity contribution < 1.29 is 9.53 Å². The van der Waals surface area contributed by atoms with Crippen LogP contribution in [0, 0.1) is 0 Å². The number of nitrogens with zero attached hydrogens (tertiary/aromatic N) is 1. The van der Waals surface area contributed by atoms with Crippen molar-refractivity contribution in [1.29, 1.82) is 0 Å². The van der Waals surface area contributed by atoms with Gasteiger partial charge in [0.25, 0.3) is 0 Å². The minimum absolute atomic E-state index is 0. The highest BCUT2D eigenvalue weighted by Gasteiger charge is 2.17. The van der Waals surface area contributed by atoms with Gasteiger partial charge in [0.15, 0.2) is 0 Å². The summed E-state index contributed by atoms with van der Waals surface area (Å²) in [5, 5.41) is 2.46. The van der Waals surface area contributed by atoms with E-state index in [0.717, 1.165) is 6.42 Å². The molecule has 0 aliphatic rings. The van der Waals surface area contributed by atoms with Gasteiger partial charge < -0.3 is 15.4 Å². The van der Waals surface area contributed by atoms with Crippen LogP contribution < -0.4 is 5.73 Å². The summed E-state index contributed by atoms with van der Waals surface area (Å²) >= 11 is 0. The normalized spacial score (nSPS) is 11.8. The van der Waals surface area contributed by atoms with E-state index in [2.05, 4.69) is 30.3 Å². The molecule has 0 spiro atoms. The molecule has 0 aliphatic carbocycles. The van der Waals surface area contributed by atoms with Crippen molar-refractivity contribution in [1.82, 2.24) is 4.90 Å². The number of benzene rings is 2. The van der Waals surface area contributed by atoms with Gasteiger partial charge in [0.1, 0.15) is 6.04 Å². The molecule has 22 heavy (non-hydrogen) atoms. The maximum atomic E-state index is 12.0. The number of carbonyl (C=O) groups excluding carboxylic acids is 1. The zero-order chi connectivity index (χ0) is 15.2. The van der Waals surface area contributed by atoms with Gasteiger partial charge in [-0.3, -0.25) is 4.79 Å². The molecule has 120 valence electrons. The molecule has 0 fully saturated rings. The van der Waals surface area contributed by atoms with Gasteiger partial charge in [-0.1, -0.05) is 42.5 Å². The fourth-order valence-electron chi connectivity index (χ4n) is 2.44. The first-order valence-corrected chi connectivity index (χ1v) is 7.09. The summed E-state index contributed by atoms with van der Waals surface area (Å²) in [6, 6.07) is 14.0. The quantitative estimate of drug-likeness (QED) is 0.887. The van der Waals surface area contributed by atoms with Crippen LogP contribution in [-0.2, 0) is 16.0 Å². The number of amides is 1. The number of carbonyl (C=O) groups is 1. The molecule has 2 N–H and O–H groups in total. The number of hydrogen-bond acceptors (Lipinski definition) is 3. The Morgan fingerprint density at radius 3 is 2.64 bits per heavy atom. The van der Waals surface area contributed by atoms with Crippen molar-refractivity contribution in [3.05, 3.63) is 48.0 Å². The second-order valence-corrected chi connectivity index (χ2v) is 5.21. The van der Waals surface area contributed by atoms with Crippen molar-refractivity contribution in [2.45, 2.75) is 12.5 Å². The Morgan fingerprint density at radius 1 is 1.23 bits per heavy atom. The fourth-order valence-corrected chi connectivity index (χ4v) is 2.44. The standard InChI is InChI=1S/C17H22N2O2.ClH/c1-19(17(20)16(18)12-21-2)11-10-14-8-5-7-13-6-3-4-9-15(13)14;/h3-9,16H,10-12,18H2,1-2H3;1H. The van der Waals surface area contributed by atoms with Gasteiger partial charge in [-0.15, -0.1) is 12.4 Å². The molecular weight excluding hydrogens is 300 g/mol. The minimum atomic E-state index is -0.590. The highest BCUT2D eigenvalue weighted by Crippen LogP contribution is 2.19. The van der Waals surface area contributed by atoms with E-state index in [-0.39, 0.29) is 24.9 Å². The Hall–Kier alpha value is -1.62. The Morgan fingerprint density at radius 2 is 1.91 bits per heavy atom. The molecule has 1 amide bonds. The number of methoxy groups -OCH3 is 1. The second kappa shape index (κ2) is 8.73. The number of nitrogens with two attached hydrogens (primary N) is 1. The summed E-state index contributed by atoms with van der Waals surface area (Å²) in [5.74, 6) is -0.0860. The number of halogens is 1. The highest BCUT2D eigenvalue weighted by molar-refractivity contribution is 5.86. The van der Waals surface area contributed by atoms with E-state index in [1.165, 1.54) is 16.3 Å². The SMILES string of the molecule is COCC(N)C(=O)N(C)CCc1cccc2ccccc12.Cl. The van der Waals surface area contributed by atoms with E-state index in [1.54, 1.807) is 19.1 Å². The summed E-state index contributed by atoms with van der Waals surface area (Å²) in [7, 11) is 3.33.